The molecule has 124 valence electrons. The molecule has 6 nitrogen and oxygen atoms in total. The highest BCUT2D eigenvalue weighted by Gasteiger charge is 2.26. The van der Waals surface area contributed by atoms with Crippen molar-refractivity contribution in [1.82, 2.24) is 19.2 Å². The van der Waals surface area contributed by atoms with E-state index in [2.05, 4.69) is 14.9 Å². The van der Waals surface area contributed by atoms with E-state index in [0.29, 0.717) is 19.0 Å². The molecule has 1 fully saturated rings. The molecule has 0 aromatic carbocycles. The second-order valence-corrected chi connectivity index (χ2v) is 8.44. The predicted molar refractivity (Wildman–Crippen MR) is 86.9 cm³/mol. The van der Waals surface area contributed by atoms with Crippen molar-refractivity contribution in [1.29, 1.82) is 0 Å². The zero-order valence-electron chi connectivity index (χ0n) is 13.7. The Labute approximate surface area is 133 Å². The molecule has 7 heteroatoms. The van der Waals surface area contributed by atoms with E-state index in [9.17, 15) is 8.42 Å². The van der Waals surface area contributed by atoms with Crippen molar-refractivity contribution in [2.45, 2.75) is 32.7 Å². The molecule has 22 heavy (non-hydrogen) atoms. The van der Waals surface area contributed by atoms with Gasteiger partial charge < -0.3 is 4.90 Å². The van der Waals surface area contributed by atoms with Gasteiger partial charge in [-0.3, -0.25) is 9.97 Å². The van der Waals surface area contributed by atoms with Crippen molar-refractivity contribution in [3.63, 3.8) is 0 Å². The van der Waals surface area contributed by atoms with Crippen molar-refractivity contribution in [3.05, 3.63) is 23.8 Å². The van der Waals surface area contributed by atoms with Gasteiger partial charge in [0.25, 0.3) is 0 Å². The van der Waals surface area contributed by atoms with Crippen LogP contribution in [0.25, 0.3) is 0 Å². The van der Waals surface area contributed by atoms with E-state index >= 15 is 0 Å². The Morgan fingerprint density at radius 1 is 1.18 bits per heavy atom. The molecule has 0 amide bonds. The van der Waals surface area contributed by atoms with Crippen molar-refractivity contribution in [2.75, 3.05) is 32.9 Å². The van der Waals surface area contributed by atoms with Gasteiger partial charge in [0.05, 0.1) is 23.3 Å². The van der Waals surface area contributed by atoms with E-state index in [-0.39, 0.29) is 5.75 Å². The Kier molecular flexibility index (Phi) is 5.88. The van der Waals surface area contributed by atoms with Crippen LogP contribution in [0, 0.1) is 5.92 Å². The average Bonchev–Trinajstić information content (AvgIpc) is 2.49. The monoisotopic (exact) mass is 326 g/mol. The van der Waals surface area contributed by atoms with Crippen LogP contribution in [0.1, 0.15) is 31.2 Å². The second kappa shape index (κ2) is 7.48. The first-order chi connectivity index (χ1) is 10.4. The Bertz CT molecular complexity index is 564. The number of hydrogen-bond donors (Lipinski definition) is 0. The van der Waals surface area contributed by atoms with Gasteiger partial charge in [0, 0.05) is 25.8 Å². The Morgan fingerprint density at radius 2 is 1.77 bits per heavy atom. The standard InChI is InChI=1S/C15H26N4O2S/c1-4-22(20,21)19-7-5-13(6-8-19)9-14-10-17-15(11-16-14)12-18(2)3/h10-11,13H,4-9,12H2,1-3H3. The number of hydrogen-bond acceptors (Lipinski definition) is 5. The molecule has 0 radical (unpaired) electrons. The van der Waals surface area contributed by atoms with E-state index in [0.717, 1.165) is 37.2 Å². The van der Waals surface area contributed by atoms with E-state index in [1.165, 1.54) is 0 Å². The summed E-state index contributed by atoms with van der Waals surface area (Å²) < 4.78 is 25.3. The van der Waals surface area contributed by atoms with E-state index in [4.69, 9.17) is 0 Å². The molecular formula is C15H26N4O2S. The summed E-state index contributed by atoms with van der Waals surface area (Å²) in [5.41, 5.74) is 1.97. The van der Waals surface area contributed by atoms with Gasteiger partial charge in [-0.25, -0.2) is 12.7 Å². The number of piperidine rings is 1. The molecule has 2 heterocycles. The third-order valence-corrected chi connectivity index (χ3v) is 5.95. The number of nitrogens with zero attached hydrogens (tertiary/aromatic N) is 4. The molecule has 0 atom stereocenters. The van der Waals surface area contributed by atoms with Crippen LogP contribution in [0.15, 0.2) is 12.4 Å². The van der Waals surface area contributed by atoms with Crippen molar-refractivity contribution in [2.24, 2.45) is 5.92 Å². The Morgan fingerprint density at radius 3 is 2.27 bits per heavy atom. The zero-order valence-corrected chi connectivity index (χ0v) is 14.5. The molecule has 0 aliphatic carbocycles. The predicted octanol–water partition coefficient (Wildman–Crippen LogP) is 1.14. The Hall–Kier alpha value is -1.05. The van der Waals surface area contributed by atoms with Gasteiger partial charge in [-0.2, -0.15) is 0 Å². The lowest BCUT2D eigenvalue weighted by Gasteiger charge is -2.30. The van der Waals surface area contributed by atoms with E-state index in [1.54, 1.807) is 11.2 Å². The fraction of sp³-hybridized carbons (Fsp3) is 0.733. The summed E-state index contributed by atoms with van der Waals surface area (Å²) in [6, 6.07) is 0. The first-order valence-corrected chi connectivity index (χ1v) is 9.44. The SMILES string of the molecule is CCS(=O)(=O)N1CCC(Cc2cnc(CN(C)C)cn2)CC1. The number of rotatable bonds is 6. The summed E-state index contributed by atoms with van der Waals surface area (Å²) in [5, 5.41) is 0. The summed E-state index contributed by atoms with van der Waals surface area (Å²) in [5.74, 6) is 0.688. The van der Waals surface area contributed by atoms with Crippen LogP contribution in [-0.2, 0) is 23.0 Å². The number of sulfonamides is 1. The summed E-state index contributed by atoms with van der Waals surface area (Å²) >= 11 is 0. The molecule has 1 aliphatic heterocycles. The maximum Gasteiger partial charge on any atom is 0.213 e. The molecule has 1 aliphatic rings. The Balaban J connectivity index is 1.86. The van der Waals surface area contributed by atoms with Crippen LogP contribution in [0.4, 0.5) is 0 Å². The minimum atomic E-state index is -3.03. The van der Waals surface area contributed by atoms with Gasteiger partial charge in [0.2, 0.25) is 10.0 Å². The highest BCUT2D eigenvalue weighted by molar-refractivity contribution is 7.89. The van der Waals surface area contributed by atoms with E-state index < -0.39 is 10.0 Å². The molecule has 0 spiro atoms. The molecule has 1 saturated heterocycles. The van der Waals surface area contributed by atoms with Crippen molar-refractivity contribution >= 4 is 10.0 Å². The van der Waals surface area contributed by atoms with Gasteiger partial charge in [0.1, 0.15) is 0 Å². The fourth-order valence-electron chi connectivity index (χ4n) is 2.76. The first-order valence-electron chi connectivity index (χ1n) is 7.83. The van der Waals surface area contributed by atoms with E-state index in [1.807, 2.05) is 26.5 Å². The van der Waals surface area contributed by atoms with Crippen LogP contribution in [0.3, 0.4) is 0 Å². The van der Waals surface area contributed by atoms with Crippen LogP contribution >= 0.6 is 0 Å². The molecule has 1 aromatic rings. The van der Waals surface area contributed by atoms with Crippen molar-refractivity contribution in [3.8, 4) is 0 Å². The molecule has 1 aromatic heterocycles. The molecule has 0 saturated carbocycles. The quantitative estimate of drug-likeness (QED) is 0.784. The van der Waals surface area contributed by atoms with Crippen LogP contribution in [0.2, 0.25) is 0 Å². The summed E-state index contributed by atoms with van der Waals surface area (Å²) in [7, 11) is 0.981. The van der Waals surface area contributed by atoms with Gasteiger partial charge >= 0.3 is 0 Å². The highest BCUT2D eigenvalue weighted by Crippen LogP contribution is 2.22. The van der Waals surface area contributed by atoms with Crippen LogP contribution < -0.4 is 0 Å². The lowest BCUT2D eigenvalue weighted by molar-refractivity contribution is 0.272. The molecule has 0 N–H and O–H groups in total. The zero-order chi connectivity index (χ0) is 16.2. The largest absolute Gasteiger partial charge is 0.304 e. The lowest BCUT2D eigenvalue weighted by Crippen LogP contribution is -2.39. The average molecular weight is 326 g/mol. The highest BCUT2D eigenvalue weighted by atomic mass is 32.2. The van der Waals surface area contributed by atoms with Crippen LogP contribution in [0.5, 0.6) is 0 Å². The number of aromatic nitrogens is 2. The normalized spacial score (nSPS) is 18.0. The van der Waals surface area contributed by atoms with Gasteiger partial charge in [-0.05, 0) is 46.2 Å². The fourth-order valence-corrected chi connectivity index (χ4v) is 3.89. The third-order valence-electron chi connectivity index (χ3n) is 4.07. The minimum absolute atomic E-state index is 0.191. The maximum atomic E-state index is 11.8. The summed E-state index contributed by atoms with van der Waals surface area (Å²) in [6.07, 6.45) is 6.38. The molecule has 0 bridgehead atoms. The molecule has 0 unspecified atom stereocenters. The third kappa shape index (κ3) is 4.72. The topological polar surface area (TPSA) is 66.4 Å². The minimum Gasteiger partial charge on any atom is -0.304 e. The van der Waals surface area contributed by atoms with Gasteiger partial charge in [-0.15, -0.1) is 0 Å². The molecule has 2 rings (SSSR count). The second-order valence-electron chi connectivity index (χ2n) is 6.18. The van der Waals surface area contributed by atoms with Crippen LogP contribution in [-0.4, -0.2) is 60.5 Å². The lowest BCUT2D eigenvalue weighted by atomic mass is 9.93. The summed E-state index contributed by atoms with van der Waals surface area (Å²) in [6.45, 7) is 3.76. The van der Waals surface area contributed by atoms with Crippen molar-refractivity contribution < 1.29 is 8.42 Å². The van der Waals surface area contributed by atoms with Gasteiger partial charge in [-0.1, -0.05) is 0 Å². The van der Waals surface area contributed by atoms with Gasteiger partial charge in [0.15, 0.2) is 0 Å². The first kappa shape index (κ1) is 17.3. The molecular weight excluding hydrogens is 300 g/mol. The maximum absolute atomic E-state index is 11.8. The summed E-state index contributed by atoms with van der Waals surface area (Å²) in [4.78, 5) is 11.0. The smallest absolute Gasteiger partial charge is 0.213 e.